The number of hydrogen-bond donors (Lipinski definition) is 0. The summed E-state index contributed by atoms with van der Waals surface area (Å²) >= 11 is 0. The van der Waals surface area contributed by atoms with E-state index in [1.807, 2.05) is 42.5 Å². The number of aromatic nitrogens is 1. The number of carbonyl (C=O) groups is 1. The van der Waals surface area contributed by atoms with Crippen molar-refractivity contribution in [2.24, 2.45) is 0 Å². The zero-order chi connectivity index (χ0) is 12.8. The fraction of sp³-hybridized carbons (Fsp3) is 0.125. The summed E-state index contributed by atoms with van der Waals surface area (Å²) in [6.45, 7) is 0. The van der Waals surface area contributed by atoms with E-state index in [1.165, 1.54) is 5.56 Å². The second-order valence-electron chi connectivity index (χ2n) is 4.83. The van der Waals surface area contributed by atoms with E-state index in [1.54, 1.807) is 12.3 Å². The molecule has 0 unspecified atom stereocenters. The SMILES string of the molecule is O=C1C=C[C@H]2c3ccccc3[C@@H]1N2c1ccccn1. The third-order valence-electron chi connectivity index (χ3n) is 3.81. The molecule has 0 N–H and O–H groups in total. The summed E-state index contributed by atoms with van der Waals surface area (Å²) in [5, 5.41) is 0. The van der Waals surface area contributed by atoms with Gasteiger partial charge in [-0.3, -0.25) is 4.79 Å². The van der Waals surface area contributed by atoms with E-state index < -0.39 is 0 Å². The fourth-order valence-electron chi connectivity index (χ4n) is 3.03. The van der Waals surface area contributed by atoms with Gasteiger partial charge < -0.3 is 4.90 Å². The highest BCUT2D eigenvalue weighted by molar-refractivity contribution is 6.00. The van der Waals surface area contributed by atoms with E-state index in [0.717, 1.165) is 11.4 Å². The molecule has 0 amide bonds. The molecule has 1 aromatic heterocycles. The first-order chi connectivity index (χ1) is 9.36. The van der Waals surface area contributed by atoms with Crippen LogP contribution in [0.5, 0.6) is 0 Å². The molecule has 92 valence electrons. The standard InChI is InChI=1S/C16H12N2O/c19-14-9-8-13-11-5-1-2-6-12(11)16(14)18(13)15-7-3-4-10-17-15/h1-10,13,16H/t13-,16-/m0/s1. The lowest BCUT2D eigenvalue weighted by Crippen LogP contribution is -2.33. The van der Waals surface area contributed by atoms with Crippen molar-refractivity contribution in [2.45, 2.75) is 12.1 Å². The summed E-state index contributed by atoms with van der Waals surface area (Å²) in [5.74, 6) is 0.984. The lowest BCUT2D eigenvalue weighted by atomic mass is 10.0. The van der Waals surface area contributed by atoms with Crippen molar-refractivity contribution in [3.63, 3.8) is 0 Å². The number of anilines is 1. The van der Waals surface area contributed by atoms with E-state index in [0.29, 0.717) is 0 Å². The highest BCUT2D eigenvalue weighted by Crippen LogP contribution is 2.47. The molecule has 2 bridgehead atoms. The highest BCUT2D eigenvalue weighted by atomic mass is 16.1. The van der Waals surface area contributed by atoms with Crippen LogP contribution in [0.3, 0.4) is 0 Å². The second kappa shape index (κ2) is 3.79. The lowest BCUT2D eigenvalue weighted by Gasteiger charge is -2.31. The van der Waals surface area contributed by atoms with Gasteiger partial charge in [-0.25, -0.2) is 4.98 Å². The molecule has 0 aliphatic carbocycles. The molecule has 3 nitrogen and oxygen atoms in total. The van der Waals surface area contributed by atoms with E-state index >= 15 is 0 Å². The number of pyridine rings is 1. The Morgan fingerprint density at radius 3 is 2.58 bits per heavy atom. The number of hydrogen-bond acceptors (Lipinski definition) is 3. The minimum Gasteiger partial charge on any atom is -0.332 e. The molecule has 0 saturated heterocycles. The van der Waals surface area contributed by atoms with Crippen LogP contribution in [0.4, 0.5) is 5.82 Å². The number of benzene rings is 1. The molecule has 2 aromatic rings. The molecule has 1 aromatic carbocycles. The van der Waals surface area contributed by atoms with Crippen molar-refractivity contribution in [3.05, 3.63) is 71.9 Å². The third kappa shape index (κ3) is 1.38. The predicted molar refractivity (Wildman–Crippen MR) is 72.8 cm³/mol. The molecule has 2 aliphatic rings. The van der Waals surface area contributed by atoms with Crippen molar-refractivity contribution in [2.75, 3.05) is 4.90 Å². The van der Waals surface area contributed by atoms with E-state index in [4.69, 9.17) is 0 Å². The average Bonchev–Trinajstić information content (AvgIpc) is 2.73. The zero-order valence-corrected chi connectivity index (χ0v) is 10.2. The molecule has 3 heteroatoms. The van der Waals surface area contributed by atoms with Crippen LogP contribution in [0.15, 0.2) is 60.8 Å². The van der Waals surface area contributed by atoms with Crippen LogP contribution in [0.2, 0.25) is 0 Å². The molecule has 0 spiro atoms. The summed E-state index contributed by atoms with van der Waals surface area (Å²) in [7, 11) is 0. The van der Waals surface area contributed by atoms with Crippen LogP contribution in [0.25, 0.3) is 0 Å². The topological polar surface area (TPSA) is 33.2 Å². The van der Waals surface area contributed by atoms with Crippen molar-refractivity contribution in [1.82, 2.24) is 4.98 Å². The van der Waals surface area contributed by atoms with Crippen LogP contribution in [0, 0.1) is 0 Å². The van der Waals surface area contributed by atoms with Crippen molar-refractivity contribution >= 4 is 11.6 Å². The fourth-order valence-corrected chi connectivity index (χ4v) is 3.03. The molecule has 2 aliphatic heterocycles. The summed E-state index contributed by atoms with van der Waals surface area (Å²) < 4.78 is 0. The van der Waals surface area contributed by atoms with Crippen molar-refractivity contribution in [3.8, 4) is 0 Å². The summed E-state index contributed by atoms with van der Waals surface area (Å²) in [5.41, 5.74) is 2.31. The lowest BCUT2D eigenvalue weighted by molar-refractivity contribution is -0.116. The van der Waals surface area contributed by atoms with Gasteiger partial charge in [0, 0.05) is 6.20 Å². The Morgan fingerprint density at radius 1 is 1.00 bits per heavy atom. The molecule has 0 radical (unpaired) electrons. The van der Waals surface area contributed by atoms with Crippen molar-refractivity contribution in [1.29, 1.82) is 0 Å². The van der Waals surface area contributed by atoms with Gasteiger partial charge in [0.2, 0.25) is 0 Å². The van der Waals surface area contributed by atoms with Gasteiger partial charge in [0.25, 0.3) is 0 Å². The van der Waals surface area contributed by atoms with Gasteiger partial charge in [0.1, 0.15) is 11.9 Å². The quantitative estimate of drug-likeness (QED) is 0.778. The van der Waals surface area contributed by atoms with Gasteiger partial charge in [-0.15, -0.1) is 0 Å². The van der Waals surface area contributed by atoms with Crippen molar-refractivity contribution < 1.29 is 4.79 Å². The Labute approximate surface area is 111 Å². The van der Waals surface area contributed by atoms with Gasteiger partial charge >= 0.3 is 0 Å². The van der Waals surface area contributed by atoms with Crippen LogP contribution in [-0.2, 0) is 4.79 Å². The summed E-state index contributed by atoms with van der Waals surface area (Å²) in [6.07, 6.45) is 5.44. The maximum atomic E-state index is 12.2. The molecule has 0 fully saturated rings. The maximum absolute atomic E-state index is 12.2. The van der Waals surface area contributed by atoms with E-state index in [-0.39, 0.29) is 17.9 Å². The summed E-state index contributed by atoms with van der Waals surface area (Å²) in [6, 6.07) is 13.8. The Balaban J connectivity index is 1.93. The Hall–Kier alpha value is -2.42. The van der Waals surface area contributed by atoms with Crippen LogP contribution >= 0.6 is 0 Å². The van der Waals surface area contributed by atoms with Gasteiger partial charge in [0.15, 0.2) is 5.78 Å². The largest absolute Gasteiger partial charge is 0.332 e. The van der Waals surface area contributed by atoms with Crippen LogP contribution in [0.1, 0.15) is 23.2 Å². The molecule has 0 saturated carbocycles. The maximum Gasteiger partial charge on any atom is 0.182 e. The molecule has 3 heterocycles. The predicted octanol–water partition coefficient (Wildman–Crippen LogP) is 2.82. The second-order valence-corrected chi connectivity index (χ2v) is 4.83. The van der Waals surface area contributed by atoms with Crippen LogP contribution in [-0.4, -0.2) is 10.8 Å². The number of ketones is 1. The average molecular weight is 248 g/mol. The number of carbonyl (C=O) groups excluding carboxylic acids is 1. The Bertz CT molecular complexity index is 678. The van der Waals surface area contributed by atoms with Gasteiger partial charge in [-0.05, 0) is 29.3 Å². The Kier molecular flexibility index (Phi) is 2.09. The number of nitrogens with zero attached hydrogens (tertiary/aromatic N) is 2. The van der Waals surface area contributed by atoms with E-state index in [9.17, 15) is 4.79 Å². The molecule has 19 heavy (non-hydrogen) atoms. The zero-order valence-electron chi connectivity index (χ0n) is 10.2. The van der Waals surface area contributed by atoms with Gasteiger partial charge in [-0.1, -0.05) is 36.4 Å². The minimum atomic E-state index is -0.221. The summed E-state index contributed by atoms with van der Waals surface area (Å²) in [4.78, 5) is 18.7. The first-order valence-electron chi connectivity index (χ1n) is 6.36. The Morgan fingerprint density at radius 2 is 1.79 bits per heavy atom. The van der Waals surface area contributed by atoms with Crippen LogP contribution < -0.4 is 4.90 Å². The van der Waals surface area contributed by atoms with Gasteiger partial charge in [-0.2, -0.15) is 0 Å². The smallest absolute Gasteiger partial charge is 0.182 e. The highest BCUT2D eigenvalue weighted by Gasteiger charge is 2.43. The molecule has 2 atom stereocenters. The monoisotopic (exact) mass is 248 g/mol. The molecular formula is C16H12N2O. The first-order valence-corrected chi connectivity index (χ1v) is 6.36. The third-order valence-corrected chi connectivity index (χ3v) is 3.81. The van der Waals surface area contributed by atoms with Gasteiger partial charge in [0.05, 0.1) is 6.04 Å². The minimum absolute atomic E-state index is 0.119. The molecular weight excluding hydrogens is 236 g/mol. The normalized spacial score (nSPS) is 23.6. The number of fused-ring (bicyclic) bond motifs is 5. The van der Waals surface area contributed by atoms with E-state index in [2.05, 4.69) is 16.0 Å². The first kappa shape index (κ1) is 10.5. The molecule has 4 rings (SSSR count). The number of rotatable bonds is 1.